The minimum Gasteiger partial charge on any atom is -0.477 e. The molecule has 0 bridgehead atoms. The summed E-state index contributed by atoms with van der Waals surface area (Å²) in [6.45, 7) is 7.60. The fourth-order valence-corrected chi connectivity index (χ4v) is 7.09. The fraction of sp³-hybridized carbons (Fsp3) is 0.372. The van der Waals surface area contributed by atoms with Gasteiger partial charge in [0.25, 0.3) is 0 Å². The first kappa shape index (κ1) is 43.8. The second-order valence-electron chi connectivity index (χ2n) is 15.0. The Morgan fingerprint density at radius 3 is 2.28 bits per heavy atom. The molecule has 61 heavy (non-hydrogen) atoms. The van der Waals surface area contributed by atoms with E-state index in [1.807, 2.05) is 44.2 Å². The van der Waals surface area contributed by atoms with E-state index in [1.165, 1.54) is 15.8 Å². The van der Waals surface area contributed by atoms with Crippen molar-refractivity contribution in [2.24, 2.45) is 11.7 Å². The zero-order valence-electron chi connectivity index (χ0n) is 34.3. The van der Waals surface area contributed by atoms with E-state index in [0.717, 1.165) is 11.6 Å². The van der Waals surface area contributed by atoms with Gasteiger partial charge in [-0.3, -0.25) is 9.59 Å². The molecule has 1 aliphatic heterocycles. The molecule has 1 saturated heterocycles. The molecule has 6 rings (SSSR count). The summed E-state index contributed by atoms with van der Waals surface area (Å²) >= 11 is 0. The maximum Gasteiger partial charge on any atom is 0.410 e. The minimum atomic E-state index is -1.38. The molecule has 0 spiro atoms. The largest absolute Gasteiger partial charge is 0.477 e. The average Bonchev–Trinajstić information content (AvgIpc) is 3.74. The summed E-state index contributed by atoms with van der Waals surface area (Å²) in [4.78, 5) is 66.9. The zero-order valence-corrected chi connectivity index (χ0v) is 34.3. The Balaban J connectivity index is 1.01. The van der Waals surface area contributed by atoms with Crippen LogP contribution in [0.5, 0.6) is 0 Å². The van der Waals surface area contributed by atoms with Gasteiger partial charge < -0.3 is 45.3 Å². The minimum absolute atomic E-state index is 0.0147. The summed E-state index contributed by atoms with van der Waals surface area (Å²) < 4.78 is 29.4. The highest BCUT2D eigenvalue weighted by Crippen LogP contribution is 2.27. The number of pyridine rings is 1. The molecule has 5 N–H and O–H groups in total. The number of rotatable bonds is 16. The predicted octanol–water partition coefficient (Wildman–Crippen LogP) is 5.45. The number of halogens is 1. The van der Waals surface area contributed by atoms with Gasteiger partial charge in [0.15, 0.2) is 0 Å². The molecule has 17 nitrogen and oxygen atoms in total. The summed E-state index contributed by atoms with van der Waals surface area (Å²) in [5.74, 6) is -2.44. The number of carbonyl (C=O) groups is 4. The number of carboxylic acids is 1. The summed E-state index contributed by atoms with van der Waals surface area (Å²) in [6, 6.07) is 17.6. The molecule has 0 saturated carbocycles. The number of alkyl carbamates (subject to hydrolysis) is 1. The van der Waals surface area contributed by atoms with E-state index < -0.39 is 47.0 Å². The number of hydrogen-bond donors (Lipinski definition) is 4. The lowest BCUT2D eigenvalue weighted by Gasteiger charge is -2.35. The Hall–Kier alpha value is -6.82. The van der Waals surface area contributed by atoms with Crippen LogP contribution in [0, 0.1) is 11.7 Å². The molecule has 322 valence electrons. The van der Waals surface area contributed by atoms with Crippen LogP contribution in [0.4, 0.5) is 25.4 Å². The molecule has 1 aliphatic rings. The van der Waals surface area contributed by atoms with Crippen molar-refractivity contribution in [1.29, 1.82) is 0 Å². The number of anilines is 2. The van der Waals surface area contributed by atoms with E-state index in [4.69, 9.17) is 15.2 Å². The molecule has 3 aromatic carbocycles. The Morgan fingerprint density at radius 1 is 0.934 bits per heavy atom. The highest BCUT2D eigenvalue weighted by Gasteiger charge is 2.28. The number of carbonyl (C=O) groups excluding carboxylic acids is 3. The lowest BCUT2D eigenvalue weighted by atomic mass is 10.0. The van der Waals surface area contributed by atoms with Gasteiger partial charge in [0.05, 0.1) is 23.4 Å². The van der Waals surface area contributed by atoms with Crippen molar-refractivity contribution in [3.05, 3.63) is 118 Å². The van der Waals surface area contributed by atoms with Crippen molar-refractivity contribution in [2.75, 3.05) is 42.9 Å². The third kappa shape index (κ3) is 10.7. The van der Waals surface area contributed by atoms with Gasteiger partial charge in [0.2, 0.25) is 11.3 Å². The van der Waals surface area contributed by atoms with Gasteiger partial charge >= 0.3 is 18.2 Å². The number of aromatic carboxylic acids is 1. The van der Waals surface area contributed by atoms with Crippen LogP contribution in [0.1, 0.15) is 72.9 Å². The number of aromatic nitrogens is 4. The van der Waals surface area contributed by atoms with Gasteiger partial charge in [-0.05, 0) is 67.6 Å². The number of aryl methyl sites for hydroxylation is 1. The zero-order chi connectivity index (χ0) is 43.6. The van der Waals surface area contributed by atoms with E-state index in [1.54, 1.807) is 52.9 Å². The Labute approximate surface area is 351 Å². The highest BCUT2D eigenvalue weighted by molar-refractivity contribution is 5.94. The first-order chi connectivity index (χ1) is 29.4. The van der Waals surface area contributed by atoms with Gasteiger partial charge in [0, 0.05) is 50.0 Å². The number of benzene rings is 3. The maximum atomic E-state index is 15.3. The van der Waals surface area contributed by atoms with Crippen LogP contribution in [0.25, 0.3) is 10.9 Å². The molecule has 3 heterocycles. The molecule has 3 amide bonds. The quantitative estimate of drug-likeness (QED) is 0.0976. The van der Waals surface area contributed by atoms with E-state index in [2.05, 4.69) is 20.9 Å². The molecule has 1 fully saturated rings. The van der Waals surface area contributed by atoms with Crippen molar-refractivity contribution in [2.45, 2.75) is 65.5 Å². The third-order valence-electron chi connectivity index (χ3n) is 10.5. The van der Waals surface area contributed by atoms with Gasteiger partial charge in [0.1, 0.15) is 36.3 Å². The lowest BCUT2D eigenvalue weighted by molar-refractivity contribution is -0.119. The van der Waals surface area contributed by atoms with E-state index in [0.29, 0.717) is 61.5 Å². The number of nitrogens with two attached hydrogens (primary N) is 1. The number of nitrogens with one attached hydrogen (secondary N) is 2. The first-order valence-corrected chi connectivity index (χ1v) is 20.1. The number of ether oxygens (including phenoxy) is 2. The number of fused-ring (bicyclic) bond motifs is 1. The monoisotopic (exact) mass is 839 g/mol. The Kier molecular flexibility index (Phi) is 14.3. The van der Waals surface area contributed by atoms with Crippen LogP contribution < -0.4 is 26.7 Å². The van der Waals surface area contributed by atoms with Crippen molar-refractivity contribution in [3.63, 3.8) is 0 Å². The lowest BCUT2D eigenvalue weighted by Crippen LogP contribution is -2.49. The van der Waals surface area contributed by atoms with E-state index in [-0.39, 0.29) is 49.2 Å². The Bertz CT molecular complexity index is 2400. The third-order valence-corrected chi connectivity index (χ3v) is 10.5. The van der Waals surface area contributed by atoms with Crippen LogP contribution >= 0.6 is 0 Å². The number of hydrogen-bond acceptors (Lipinski definition) is 11. The van der Waals surface area contributed by atoms with Crippen molar-refractivity contribution in [3.8, 4) is 0 Å². The average molecular weight is 840 g/mol. The van der Waals surface area contributed by atoms with Crippen molar-refractivity contribution >= 4 is 46.3 Å². The van der Waals surface area contributed by atoms with Crippen LogP contribution in [-0.2, 0) is 34.0 Å². The number of carboxylic acid groups (broad SMARTS) is 1. The van der Waals surface area contributed by atoms with Crippen LogP contribution in [0.2, 0.25) is 0 Å². The molecular formula is C43H50FN9O8. The smallest absolute Gasteiger partial charge is 0.410 e. The topological polar surface area (TPSA) is 216 Å². The van der Waals surface area contributed by atoms with Crippen molar-refractivity contribution < 1.29 is 38.1 Å². The number of nitrogens with zero attached hydrogens (tertiary/aromatic N) is 6. The van der Waals surface area contributed by atoms with Gasteiger partial charge in [-0.2, -0.15) is 0 Å². The molecule has 5 aromatic rings. The Morgan fingerprint density at radius 2 is 1.62 bits per heavy atom. The summed E-state index contributed by atoms with van der Waals surface area (Å²) in [5.41, 5.74) is 7.82. The highest BCUT2D eigenvalue weighted by atomic mass is 19.1. The van der Waals surface area contributed by atoms with Gasteiger partial charge in [-0.1, -0.05) is 61.5 Å². The molecule has 0 radical (unpaired) electrons. The normalized spacial score (nSPS) is 13.8. The molecular weight excluding hydrogens is 790 g/mol. The second kappa shape index (κ2) is 20.0. The summed E-state index contributed by atoms with van der Waals surface area (Å²) in [5, 5.41) is 23.8. The first-order valence-electron chi connectivity index (χ1n) is 20.1. The maximum absolute atomic E-state index is 15.3. The molecule has 2 atom stereocenters. The van der Waals surface area contributed by atoms with Crippen LogP contribution in [0.3, 0.4) is 0 Å². The molecule has 2 aromatic heterocycles. The SMILES string of the molecule is CCn1cc(C(=O)O)c(=O)c2cc(F)c(N3CCN(C(=O)OCc4ccc(NC(=O)C(CCCN)n5cc(C(NC(=O)OCc6ccccc6)C(C)C)nn5)cc4)CC3)cc21. The number of amides is 3. The van der Waals surface area contributed by atoms with E-state index >= 15 is 4.39 Å². The standard InChI is InChI=1S/C43H50FN9O8/c1-4-50-23-32(41(56)57)39(54)31-21-33(44)37(22-36(31)50)51-17-19-52(20-18-51)43(59)61-26-29-12-14-30(15-13-29)46-40(55)35(11-8-16-45)53-24-34(48-49-53)38(27(2)3)47-42(58)60-25-28-9-6-5-7-10-28/h5-7,9-10,12-15,21-24,27,35,38H,4,8,11,16-20,25-26,45H2,1-3H3,(H,46,55)(H,47,58)(H,56,57). The number of piperazine rings is 1. The van der Waals surface area contributed by atoms with Gasteiger partial charge in [-0.25, -0.2) is 23.5 Å². The molecule has 0 aliphatic carbocycles. The van der Waals surface area contributed by atoms with Crippen LogP contribution in [0.15, 0.2) is 83.9 Å². The fourth-order valence-electron chi connectivity index (χ4n) is 7.09. The second-order valence-corrected chi connectivity index (χ2v) is 15.0. The summed E-state index contributed by atoms with van der Waals surface area (Å²) in [6.07, 6.45) is 2.71. The predicted molar refractivity (Wildman–Crippen MR) is 225 cm³/mol. The summed E-state index contributed by atoms with van der Waals surface area (Å²) in [7, 11) is 0. The van der Waals surface area contributed by atoms with Gasteiger partial charge in [-0.15, -0.1) is 5.10 Å². The van der Waals surface area contributed by atoms with Crippen molar-refractivity contribution in [1.82, 2.24) is 29.8 Å². The van der Waals surface area contributed by atoms with E-state index in [9.17, 15) is 29.1 Å². The van der Waals surface area contributed by atoms with Crippen LogP contribution in [-0.4, -0.2) is 86.4 Å². The molecule has 2 unspecified atom stereocenters. The molecule has 18 heteroatoms.